The molecule has 6 N–H and O–H groups in total. The number of nitrogens with one attached hydrogen (secondary N) is 1. The summed E-state index contributed by atoms with van der Waals surface area (Å²) in [4.78, 5) is 25.2. The highest BCUT2D eigenvalue weighted by molar-refractivity contribution is 5.76. The van der Waals surface area contributed by atoms with Gasteiger partial charge in [0.15, 0.2) is 6.29 Å². The SMILES string of the molecule is CCCCCC/C=C/CC/C=C/CC/C=C/C(O)C(COC1OC(CO)C(O)C(O)C1O)NC(=O)CCCCCCCCCCCCCCCCCCC/C=C\C/C=C\CCCCCCCCCCCCCCCCCOC(=O)CCCCCCCCC/C=C\CCCCCCCCC. The molecule has 1 aliphatic heterocycles. The van der Waals surface area contributed by atoms with E-state index in [1.807, 2.05) is 6.08 Å². The number of hydrogen-bond donors (Lipinski definition) is 6. The van der Waals surface area contributed by atoms with Gasteiger partial charge in [0.1, 0.15) is 24.4 Å². The first kappa shape index (κ1) is 94.1. The summed E-state index contributed by atoms with van der Waals surface area (Å²) in [5.41, 5.74) is 0. The summed E-state index contributed by atoms with van der Waals surface area (Å²) in [7, 11) is 0. The molecule has 99 heavy (non-hydrogen) atoms. The Morgan fingerprint density at radius 2 is 0.687 bits per heavy atom. The second kappa shape index (κ2) is 76.2. The van der Waals surface area contributed by atoms with Gasteiger partial charge in [-0.1, -0.05) is 356 Å². The third-order valence-electron chi connectivity index (χ3n) is 20.0. The highest BCUT2D eigenvalue weighted by Crippen LogP contribution is 2.24. The van der Waals surface area contributed by atoms with E-state index in [1.54, 1.807) is 6.08 Å². The minimum absolute atomic E-state index is 0.0117. The van der Waals surface area contributed by atoms with E-state index in [9.17, 15) is 35.1 Å². The fourth-order valence-electron chi connectivity index (χ4n) is 13.3. The van der Waals surface area contributed by atoms with Gasteiger partial charge < -0.3 is 45.1 Å². The molecule has 1 heterocycles. The first-order valence-corrected chi connectivity index (χ1v) is 42.7. The molecule has 0 aromatic heterocycles. The molecule has 1 aliphatic rings. The van der Waals surface area contributed by atoms with Crippen molar-refractivity contribution in [2.45, 2.75) is 455 Å². The van der Waals surface area contributed by atoms with Crippen LogP contribution < -0.4 is 5.32 Å². The van der Waals surface area contributed by atoms with Crippen molar-refractivity contribution < 1.29 is 49.3 Å². The maximum absolute atomic E-state index is 13.1. The quantitative estimate of drug-likeness (QED) is 0.0195. The predicted octanol–water partition coefficient (Wildman–Crippen LogP) is 23.8. The van der Waals surface area contributed by atoms with Crippen molar-refractivity contribution in [3.05, 3.63) is 72.9 Å². The van der Waals surface area contributed by atoms with Crippen LogP contribution in [-0.4, -0.2) is 100 Å². The number of carbonyl (C=O) groups is 2. The summed E-state index contributed by atoms with van der Waals surface area (Å²) in [6.45, 7) is 4.35. The number of aliphatic hydroxyl groups is 5. The highest BCUT2D eigenvalue weighted by atomic mass is 16.7. The van der Waals surface area contributed by atoms with Gasteiger partial charge >= 0.3 is 5.97 Å². The van der Waals surface area contributed by atoms with E-state index in [4.69, 9.17) is 14.2 Å². The lowest BCUT2D eigenvalue weighted by Crippen LogP contribution is -2.60. The third-order valence-corrected chi connectivity index (χ3v) is 20.0. The zero-order valence-electron chi connectivity index (χ0n) is 64.7. The molecule has 0 saturated carbocycles. The second-order valence-corrected chi connectivity index (χ2v) is 29.5. The smallest absolute Gasteiger partial charge is 0.305 e. The van der Waals surface area contributed by atoms with Crippen molar-refractivity contribution in [3.63, 3.8) is 0 Å². The third kappa shape index (κ3) is 64.4. The molecule has 578 valence electrons. The molecule has 0 aliphatic carbocycles. The van der Waals surface area contributed by atoms with Crippen LogP contribution in [0.25, 0.3) is 0 Å². The summed E-state index contributed by atoms with van der Waals surface area (Å²) < 4.78 is 16.8. The number of aliphatic hydroxyl groups excluding tert-OH is 5. The second-order valence-electron chi connectivity index (χ2n) is 29.5. The van der Waals surface area contributed by atoms with E-state index in [2.05, 4.69) is 79.9 Å². The first-order chi connectivity index (χ1) is 48.7. The van der Waals surface area contributed by atoms with Crippen LogP contribution in [0.3, 0.4) is 0 Å². The maximum atomic E-state index is 13.1. The molecular formula is C88H161NO10. The molecule has 0 radical (unpaired) electrons. The lowest BCUT2D eigenvalue weighted by atomic mass is 9.99. The predicted molar refractivity (Wildman–Crippen MR) is 421 cm³/mol. The summed E-state index contributed by atoms with van der Waals surface area (Å²) in [5.74, 6) is -0.181. The van der Waals surface area contributed by atoms with Crippen LogP contribution in [-0.2, 0) is 23.8 Å². The Labute approximate surface area is 611 Å². The summed E-state index contributed by atoms with van der Waals surface area (Å²) in [6.07, 6.45) is 95.3. The highest BCUT2D eigenvalue weighted by Gasteiger charge is 2.44. The Balaban J connectivity index is 1.90. The normalized spacial score (nSPS) is 17.5. The first-order valence-electron chi connectivity index (χ1n) is 42.7. The van der Waals surface area contributed by atoms with Gasteiger partial charge in [0.2, 0.25) is 5.91 Å². The van der Waals surface area contributed by atoms with Crippen LogP contribution in [0.5, 0.6) is 0 Å². The standard InChI is InChI=1S/C88H161NO10/c1-3-5-7-9-11-13-15-17-19-20-45-48-52-56-60-64-68-72-76-84(93)97-77-73-69-65-61-57-53-49-46-43-41-39-37-35-33-31-29-27-25-23-21-22-24-26-28-30-32-34-36-38-40-42-44-47-51-55-59-63-67-71-75-83(92)89-80(79-98-88-87(96)86(95)85(94)82(78-90)99-88)81(91)74-70-66-62-58-54-50-18-16-14-12-10-8-6-4-2/h14,16,19-22,25,27,54,58,70,74,80-82,85-88,90-91,94-96H,3-13,15,17-18,23-24,26,28-53,55-57,59-69,71-73,75-79H2,1-2H3,(H,89,92)/b16-14+,20-19-,22-21-,27-25-,58-54+,74-70+. The minimum Gasteiger partial charge on any atom is -0.466 e. The molecule has 0 bridgehead atoms. The molecule has 1 saturated heterocycles. The largest absolute Gasteiger partial charge is 0.466 e. The Bertz CT molecular complexity index is 1880. The van der Waals surface area contributed by atoms with Gasteiger partial charge in [-0.05, 0) is 116 Å². The molecule has 1 rings (SSSR count). The lowest BCUT2D eigenvalue weighted by Gasteiger charge is -2.40. The number of hydrogen-bond acceptors (Lipinski definition) is 10. The molecule has 0 spiro atoms. The molecule has 11 heteroatoms. The fraction of sp³-hybridized carbons (Fsp3) is 0.841. The molecule has 1 amide bonds. The number of carbonyl (C=O) groups excluding carboxylic acids is 2. The van der Waals surface area contributed by atoms with Gasteiger partial charge in [-0.15, -0.1) is 0 Å². The van der Waals surface area contributed by atoms with E-state index in [-0.39, 0.29) is 18.5 Å². The maximum Gasteiger partial charge on any atom is 0.305 e. The number of unbranched alkanes of at least 4 members (excludes halogenated alkanes) is 52. The van der Waals surface area contributed by atoms with E-state index >= 15 is 0 Å². The van der Waals surface area contributed by atoms with Gasteiger partial charge in [0, 0.05) is 12.8 Å². The van der Waals surface area contributed by atoms with Crippen LogP contribution in [0.15, 0.2) is 72.9 Å². The van der Waals surface area contributed by atoms with Crippen LogP contribution in [0.4, 0.5) is 0 Å². The number of allylic oxidation sites excluding steroid dienone is 11. The van der Waals surface area contributed by atoms with Gasteiger partial charge in [0.25, 0.3) is 0 Å². The lowest BCUT2D eigenvalue weighted by molar-refractivity contribution is -0.302. The monoisotopic (exact) mass is 1390 g/mol. The zero-order chi connectivity index (χ0) is 71.5. The summed E-state index contributed by atoms with van der Waals surface area (Å²) in [5, 5.41) is 54.6. The van der Waals surface area contributed by atoms with Crippen molar-refractivity contribution in [2.24, 2.45) is 0 Å². The molecule has 7 atom stereocenters. The van der Waals surface area contributed by atoms with Crippen molar-refractivity contribution in [2.75, 3.05) is 19.8 Å². The summed E-state index contributed by atoms with van der Waals surface area (Å²) >= 11 is 0. The van der Waals surface area contributed by atoms with Crippen molar-refractivity contribution >= 4 is 11.9 Å². The topological polar surface area (TPSA) is 175 Å². The van der Waals surface area contributed by atoms with Crippen LogP contribution in [0, 0.1) is 0 Å². The Kier molecular flexibility index (Phi) is 72.5. The molecule has 1 fully saturated rings. The van der Waals surface area contributed by atoms with Gasteiger partial charge in [0.05, 0.1) is 32.0 Å². The van der Waals surface area contributed by atoms with Crippen molar-refractivity contribution in [3.8, 4) is 0 Å². The molecule has 0 aromatic carbocycles. The minimum atomic E-state index is -1.58. The van der Waals surface area contributed by atoms with Crippen molar-refractivity contribution in [1.82, 2.24) is 5.32 Å². The van der Waals surface area contributed by atoms with Crippen LogP contribution in [0.2, 0.25) is 0 Å². The van der Waals surface area contributed by atoms with E-state index in [1.165, 1.54) is 308 Å². The van der Waals surface area contributed by atoms with Crippen LogP contribution in [0.1, 0.15) is 412 Å². The average Bonchev–Trinajstić information content (AvgIpc) is 0.825. The number of rotatable bonds is 76. The van der Waals surface area contributed by atoms with E-state index < -0.39 is 49.5 Å². The summed E-state index contributed by atoms with van der Waals surface area (Å²) in [6, 6.07) is -0.834. The number of amides is 1. The molecule has 11 nitrogen and oxygen atoms in total. The number of ether oxygens (including phenoxy) is 3. The zero-order valence-corrected chi connectivity index (χ0v) is 64.7. The van der Waals surface area contributed by atoms with E-state index in [0.717, 1.165) is 77.0 Å². The van der Waals surface area contributed by atoms with Crippen molar-refractivity contribution in [1.29, 1.82) is 0 Å². The molecular weight excluding hydrogens is 1230 g/mol. The van der Waals surface area contributed by atoms with Gasteiger partial charge in [-0.2, -0.15) is 0 Å². The fourth-order valence-corrected chi connectivity index (χ4v) is 13.3. The molecule has 0 aromatic rings. The van der Waals surface area contributed by atoms with E-state index in [0.29, 0.717) is 19.4 Å². The van der Waals surface area contributed by atoms with Gasteiger partial charge in [-0.3, -0.25) is 9.59 Å². The number of esters is 1. The Morgan fingerprint density at radius 3 is 1.07 bits per heavy atom. The molecule has 7 unspecified atom stereocenters. The Morgan fingerprint density at radius 1 is 0.374 bits per heavy atom. The van der Waals surface area contributed by atoms with Crippen LogP contribution >= 0.6 is 0 Å². The average molecular weight is 1390 g/mol. The Hall–Kier alpha value is -2.90. The van der Waals surface area contributed by atoms with Gasteiger partial charge in [-0.25, -0.2) is 0 Å².